The first-order chi connectivity index (χ1) is 19.7. The van der Waals surface area contributed by atoms with Crippen LogP contribution in [0.1, 0.15) is 52.5 Å². The van der Waals surface area contributed by atoms with E-state index in [2.05, 4.69) is 34.5 Å². The number of nitrogens with zero attached hydrogens (tertiary/aromatic N) is 5. The molecule has 1 aliphatic heterocycles. The van der Waals surface area contributed by atoms with E-state index in [4.69, 9.17) is 20.2 Å². The van der Waals surface area contributed by atoms with Crippen molar-refractivity contribution in [2.45, 2.75) is 60.0 Å². The number of aromatic amines is 1. The number of nitrogens with two attached hydrogens (primary N) is 1. The summed E-state index contributed by atoms with van der Waals surface area (Å²) in [5.41, 5.74) is 13.0. The highest BCUT2D eigenvalue weighted by Gasteiger charge is 2.23. The fourth-order valence-electron chi connectivity index (χ4n) is 5.50. The first-order valence-corrected chi connectivity index (χ1v) is 13.7. The average Bonchev–Trinajstić information content (AvgIpc) is 3.37. The number of benzene rings is 2. The molecular weight excluding hydrogens is 522 g/mol. The molecule has 2 aromatic carbocycles. The Kier molecular flexibility index (Phi) is 7.78. The Morgan fingerprint density at radius 2 is 1.85 bits per heavy atom. The van der Waals surface area contributed by atoms with E-state index in [1.54, 1.807) is 16.2 Å². The first-order valence-electron chi connectivity index (χ1n) is 13.7. The fourth-order valence-corrected chi connectivity index (χ4v) is 5.50. The normalized spacial score (nSPS) is 12.7. The van der Waals surface area contributed by atoms with Crippen molar-refractivity contribution in [2.24, 2.45) is 4.99 Å². The van der Waals surface area contributed by atoms with Crippen LogP contribution >= 0.6 is 0 Å². The number of ether oxygens (including phenoxy) is 2. The van der Waals surface area contributed by atoms with E-state index in [0.29, 0.717) is 49.5 Å². The second-order valence-electron chi connectivity index (χ2n) is 10.3. The Labute approximate surface area is 237 Å². The summed E-state index contributed by atoms with van der Waals surface area (Å²) < 4.78 is 14.8. The van der Waals surface area contributed by atoms with Gasteiger partial charge in [0.05, 0.1) is 25.1 Å². The quantitative estimate of drug-likeness (QED) is 0.298. The highest BCUT2D eigenvalue weighted by Crippen LogP contribution is 2.37. The van der Waals surface area contributed by atoms with Gasteiger partial charge in [0, 0.05) is 31.1 Å². The Balaban J connectivity index is 1.63. The van der Waals surface area contributed by atoms with Crippen LogP contribution in [0, 0.1) is 20.8 Å². The Bertz CT molecular complexity index is 1740. The molecule has 0 bridgehead atoms. The lowest BCUT2D eigenvalue weighted by Gasteiger charge is -2.25. The molecule has 3 heterocycles. The third-order valence-corrected chi connectivity index (χ3v) is 7.35. The zero-order valence-electron chi connectivity index (χ0n) is 24.1. The van der Waals surface area contributed by atoms with E-state index in [9.17, 15) is 9.59 Å². The van der Waals surface area contributed by atoms with Crippen LogP contribution < -0.4 is 26.4 Å². The summed E-state index contributed by atoms with van der Waals surface area (Å²) >= 11 is 0. The molecule has 0 saturated heterocycles. The molecule has 11 nitrogen and oxygen atoms in total. The average molecular weight is 558 g/mol. The molecule has 2 aromatic heterocycles. The van der Waals surface area contributed by atoms with Crippen molar-refractivity contribution >= 4 is 17.3 Å². The van der Waals surface area contributed by atoms with Crippen LogP contribution in [0.3, 0.4) is 0 Å². The Morgan fingerprint density at radius 3 is 2.51 bits per heavy atom. The van der Waals surface area contributed by atoms with Gasteiger partial charge in [-0.1, -0.05) is 17.7 Å². The number of aromatic nitrogens is 5. The van der Waals surface area contributed by atoms with Gasteiger partial charge < -0.3 is 15.2 Å². The lowest BCUT2D eigenvalue weighted by Crippen LogP contribution is -2.42. The number of methoxy groups -OCH3 is 1. The maximum atomic E-state index is 14.0. The number of nitrogen functional groups attached to an aromatic ring is 1. The van der Waals surface area contributed by atoms with Gasteiger partial charge in [-0.15, -0.1) is 5.10 Å². The molecule has 0 unspecified atom stereocenters. The molecule has 0 aliphatic carbocycles. The molecule has 0 fully saturated rings. The molecule has 0 amide bonds. The number of rotatable bonds is 9. The molecule has 11 heteroatoms. The monoisotopic (exact) mass is 557 g/mol. The number of aryl methyl sites for hydroxylation is 4. The zero-order chi connectivity index (χ0) is 29.3. The number of anilines is 1. The lowest BCUT2D eigenvalue weighted by atomic mass is 9.97. The summed E-state index contributed by atoms with van der Waals surface area (Å²) in [6.07, 6.45) is 1.23. The minimum Gasteiger partial charge on any atom is -0.493 e. The van der Waals surface area contributed by atoms with Crippen LogP contribution in [0.25, 0.3) is 11.3 Å². The molecular formula is C30H35N7O4. The van der Waals surface area contributed by atoms with Crippen LogP contribution in [-0.2, 0) is 19.5 Å². The molecule has 214 valence electrons. The van der Waals surface area contributed by atoms with Crippen LogP contribution in [0.2, 0.25) is 0 Å². The van der Waals surface area contributed by atoms with Crippen molar-refractivity contribution in [1.29, 1.82) is 0 Å². The third kappa shape index (κ3) is 5.39. The summed E-state index contributed by atoms with van der Waals surface area (Å²) in [7, 11) is 1.61. The van der Waals surface area contributed by atoms with Gasteiger partial charge in [0.15, 0.2) is 28.8 Å². The standard InChI is InChI=1S/C30H35N7O4/c1-6-41-25-14-20-9-11-36-22(21(20)15-24(25)40-5)16-26(32-27-18(3)12-17(2)13-19(27)4)37(30(36)39)10-7-8-23(38)28-29(31)34-35-33-28/h12-16H,6-11H2,1-5H3,(H3,31,33,34,35). The summed E-state index contributed by atoms with van der Waals surface area (Å²) in [6, 6.07) is 10.0. The van der Waals surface area contributed by atoms with Crippen LogP contribution in [0.4, 0.5) is 11.5 Å². The zero-order valence-corrected chi connectivity index (χ0v) is 24.1. The highest BCUT2D eigenvalue weighted by molar-refractivity contribution is 5.97. The summed E-state index contributed by atoms with van der Waals surface area (Å²) in [4.78, 5) is 31.7. The Hall–Kier alpha value is -4.67. The number of carbonyl (C=O) groups is 1. The van der Waals surface area contributed by atoms with E-state index in [1.807, 2.05) is 39.0 Å². The molecule has 0 atom stereocenters. The predicted octanol–water partition coefficient (Wildman–Crippen LogP) is 3.80. The molecule has 1 aliphatic rings. The smallest absolute Gasteiger partial charge is 0.330 e. The largest absolute Gasteiger partial charge is 0.493 e. The van der Waals surface area contributed by atoms with Gasteiger partial charge in [-0.3, -0.25) is 13.9 Å². The van der Waals surface area contributed by atoms with Gasteiger partial charge in [-0.25, -0.2) is 9.79 Å². The summed E-state index contributed by atoms with van der Waals surface area (Å²) in [5.74, 6) is 1.13. The van der Waals surface area contributed by atoms with Crippen molar-refractivity contribution in [3.05, 3.63) is 74.3 Å². The molecule has 4 aromatic rings. The van der Waals surface area contributed by atoms with Gasteiger partial charge in [-0.2, -0.15) is 10.3 Å². The minimum absolute atomic E-state index is 0.0686. The molecule has 0 spiro atoms. The second kappa shape index (κ2) is 11.4. The number of ketones is 1. The number of Topliss-reactive ketones (excluding diaryl/α,β-unsaturated/α-hetero) is 1. The minimum atomic E-state index is -0.232. The SMILES string of the molecule is CCOc1cc2c(cc1OC)-c1cc(=Nc3c(C)cc(C)cc3C)n(CCCC(=O)c3n[nH]nc3N)c(=O)n1CC2. The summed E-state index contributed by atoms with van der Waals surface area (Å²) in [5, 5.41) is 9.95. The molecule has 5 rings (SSSR count). The van der Waals surface area contributed by atoms with Crippen molar-refractivity contribution in [2.75, 3.05) is 19.5 Å². The van der Waals surface area contributed by atoms with Crippen LogP contribution in [0.15, 0.2) is 40.1 Å². The topological polar surface area (TPSA) is 142 Å². The number of hydrogen-bond acceptors (Lipinski definition) is 8. The Morgan fingerprint density at radius 1 is 1.10 bits per heavy atom. The van der Waals surface area contributed by atoms with E-state index in [-0.39, 0.29) is 29.4 Å². The number of nitrogens with one attached hydrogen (secondary N) is 1. The maximum Gasteiger partial charge on any atom is 0.330 e. The highest BCUT2D eigenvalue weighted by atomic mass is 16.5. The van der Waals surface area contributed by atoms with Crippen LogP contribution in [0.5, 0.6) is 11.5 Å². The van der Waals surface area contributed by atoms with Crippen LogP contribution in [-0.4, -0.2) is 44.0 Å². The maximum absolute atomic E-state index is 14.0. The number of H-pyrrole nitrogens is 1. The van der Waals surface area contributed by atoms with Gasteiger partial charge in [-0.05, 0) is 69.4 Å². The van der Waals surface area contributed by atoms with E-state index in [1.165, 1.54) is 0 Å². The molecule has 3 N–H and O–H groups in total. The van der Waals surface area contributed by atoms with E-state index < -0.39 is 0 Å². The molecule has 0 saturated carbocycles. The third-order valence-electron chi connectivity index (χ3n) is 7.35. The van der Waals surface area contributed by atoms with E-state index >= 15 is 0 Å². The fraction of sp³-hybridized carbons (Fsp3) is 0.367. The van der Waals surface area contributed by atoms with Gasteiger partial charge in [0.1, 0.15) is 5.49 Å². The van der Waals surface area contributed by atoms with Gasteiger partial charge >= 0.3 is 5.69 Å². The van der Waals surface area contributed by atoms with Gasteiger partial charge in [0.25, 0.3) is 0 Å². The number of fused-ring (bicyclic) bond motifs is 3. The lowest BCUT2D eigenvalue weighted by molar-refractivity contribution is 0.0974. The van der Waals surface area contributed by atoms with E-state index in [0.717, 1.165) is 39.2 Å². The second-order valence-corrected chi connectivity index (χ2v) is 10.3. The van der Waals surface area contributed by atoms with Gasteiger partial charge in [0.2, 0.25) is 0 Å². The summed E-state index contributed by atoms with van der Waals surface area (Å²) in [6.45, 7) is 9.35. The molecule has 41 heavy (non-hydrogen) atoms. The molecule has 0 radical (unpaired) electrons. The number of carbonyl (C=O) groups excluding carboxylic acids is 1. The van der Waals surface area contributed by atoms with Crippen molar-refractivity contribution in [3.63, 3.8) is 0 Å². The predicted molar refractivity (Wildman–Crippen MR) is 156 cm³/mol. The van der Waals surface area contributed by atoms with Crippen molar-refractivity contribution < 1.29 is 14.3 Å². The first kappa shape index (κ1) is 27.9. The van der Waals surface area contributed by atoms with Crippen molar-refractivity contribution in [3.8, 4) is 22.8 Å². The van der Waals surface area contributed by atoms with Crippen molar-refractivity contribution in [1.82, 2.24) is 24.5 Å². The number of hydrogen-bond donors (Lipinski definition) is 2.